The number of aryl methyl sites for hydroxylation is 1. The highest BCUT2D eigenvalue weighted by Crippen LogP contribution is 2.27. The maximum Gasteiger partial charge on any atom is 0.335 e. The number of aromatic carboxylic acids is 1. The van der Waals surface area contributed by atoms with Gasteiger partial charge in [0, 0.05) is 17.8 Å². The number of rotatable bonds is 7. The summed E-state index contributed by atoms with van der Waals surface area (Å²) in [5.74, 6) is -1.46. The SMILES string of the molecule is CCN(c1ccc(NC(=O)c2ccc3ccccc3c2)cc1)S(=O)(=O)c1ccc(C)c(C(=O)O)c1. The zero-order valence-corrected chi connectivity index (χ0v) is 20.0. The Hall–Kier alpha value is -4.17. The smallest absolute Gasteiger partial charge is 0.335 e. The third kappa shape index (κ3) is 4.88. The number of nitrogens with zero attached hydrogens (tertiary/aromatic N) is 1. The number of nitrogens with one attached hydrogen (secondary N) is 1. The molecule has 0 bridgehead atoms. The van der Waals surface area contributed by atoms with Crippen LogP contribution in [0.4, 0.5) is 11.4 Å². The van der Waals surface area contributed by atoms with E-state index < -0.39 is 16.0 Å². The molecule has 0 unspecified atom stereocenters. The molecule has 4 rings (SSSR count). The molecule has 8 heteroatoms. The van der Waals surface area contributed by atoms with E-state index in [1.807, 2.05) is 36.4 Å². The molecule has 0 saturated carbocycles. The molecule has 1 amide bonds. The average Bonchev–Trinajstić information content (AvgIpc) is 2.85. The number of anilines is 2. The highest BCUT2D eigenvalue weighted by molar-refractivity contribution is 7.92. The van der Waals surface area contributed by atoms with Gasteiger partial charge in [0.1, 0.15) is 0 Å². The topological polar surface area (TPSA) is 104 Å². The Morgan fingerprint density at radius 2 is 1.57 bits per heavy atom. The zero-order valence-electron chi connectivity index (χ0n) is 19.2. The molecule has 7 nitrogen and oxygen atoms in total. The molecule has 0 aromatic heterocycles. The van der Waals surface area contributed by atoms with Gasteiger partial charge in [0.25, 0.3) is 15.9 Å². The quantitative estimate of drug-likeness (QED) is 0.367. The van der Waals surface area contributed by atoms with Gasteiger partial charge in [-0.25, -0.2) is 13.2 Å². The molecule has 178 valence electrons. The van der Waals surface area contributed by atoms with E-state index in [4.69, 9.17) is 0 Å². The van der Waals surface area contributed by atoms with Crippen molar-refractivity contribution in [1.29, 1.82) is 0 Å². The van der Waals surface area contributed by atoms with Crippen LogP contribution in [-0.2, 0) is 10.0 Å². The molecule has 0 saturated heterocycles. The lowest BCUT2D eigenvalue weighted by Crippen LogP contribution is -2.31. The molecule has 4 aromatic carbocycles. The monoisotopic (exact) mass is 488 g/mol. The Labute approximate surface area is 203 Å². The van der Waals surface area contributed by atoms with Crippen LogP contribution in [0.1, 0.15) is 33.2 Å². The molecule has 4 aromatic rings. The van der Waals surface area contributed by atoms with Crippen molar-refractivity contribution < 1.29 is 23.1 Å². The summed E-state index contributed by atoms with van der Waals surface area (Å²) in [6.45, 7) is 3.45. The molecular formula is C27H24N2O5S. The summed E-state index contributed by atoms with van der Waals surface area (Å²) in [6, 6.07) is 23.7. The number of carboxylic acid groups (broad SMARTS) is 1. The van der Waals surface area contributed by atoms with Crippen molar-refractivity contribution in [3.8, 4) is 0 Å². The fourth-order valence-electron chi connectivity index (χ4n) is 3.86. The molecule has 0 spiro atoms. The van der Waals surface area contributed by atoms with Crippen LogP contribution < -0.4 is 9.62 Å². The first-order valence-electron chi connectivity index (χ1n) is 11.0. The molecule has 0 radical (unpaired) electrons. The lowest BCUT2D eigenvalue weighted by Gasteiger charge is -2.23. The highest BCUT2D eigenvalue weighted by atomic mass is 32.2. The van der Waals surface area contributed by atoms with Gasteiger partial charge in [0.05, 0.1) is 16.1 Å². The number of hydrogen-bond donors (Lipinski definition) is 2. The van der Waals surface area contributed by atoms with E-state index in [2.05, 4.69) is 5.32 Å². The van der Waals surface area contributed by atoms with Gasteiger partial charge < -0.3 is 10.4 Å². The van der Waals surface area contributed by atoms with Crippen LogP contribution in [0.3, 0.4) is 0 Å². The van der Waals surface area contributed by atoms with Crippen molar-refractivity contribution in [2.24, 2.45) is 0 Å². The molecule has 0 aliphatic rings. The molecule has 35 heavy (non-hydrogen) atoms. The largest absolute Gasteiger partial charge is 0.478 e. The molecule has 0 aliphatic heterocycles. The number of hydrogen-bond acceptors (Lipinski definition) is 4. The van der Waals surface area contributed by atoms with Gasteiger partial charge in [-0.05, 0) is 78.7 Å². The summed E-state index contributed by atoms with van der Waals surface area (Å²) in [6.07, 6.45) is 0. The van der Waals surface area contributed by atoms with Crippen LogP contribution in [-0.4, -0.2) is 31.9 Å². The first-order valence-corrected chi connectivity index (χ1v) is 12.4. The van der Waals surface area contributed by atoms with Crippen LogP contribution >= 0.6 is 0 Å². The van der Waals surface area contributed by atoms with E-state index in [-0.39, 0.29) is 22.9 Å². The number of benzene rings is 4. The van der Waals surface area contributed by atoms with Gasteiger partial charge in [-0.3, -0.25) is 9.10 Å². The van der Waals surface area contributed by atoms with Crippen molar-refractivity contribution in [3.63, 3.8) is 0 Å². The normalized spacial score (nSPS) is 11.3. The van der Waals surface area contributed by atoms with Crippen molar-refractivity contribution in [2.75, 3.05) is 16.2 Å². The Kier molecular flexibility index (Phi) is 6.57. The molecule has 0 aliphatic carbocycles. The minimum Gasteiger partial charge on any atom is -0.478 e. The Morgan fingerprint density at radius 1 is 0.886 bits per heavy atom. The minimum atomic E-state index is -3.99. The number of fused-ring (bicyclic) bond motifs is 1. The van der Waals surface area contributed by atoms with Gasteiger partial charge in [-0.2, -0.15) is 0 Å². The van der Waals surface area contributed by atoms with Crippen molar-refractivity contribution in [1.82, 2.24) is 0 Å². The van der Waals surface area contributed by atoms with E-state index >= 15 is 0 Å². The summed E-state index contributed by atoms with van der Waals surface area (Å²) in [5, 5.41) is 14.2. The molecule has 2 N–H and O–H groups in total. The van der Waals surface area contributed by atoms with E-state index in [0.717, 1.165) is 10.8 Å². The Morgan fingerprint density at radius 3 is 2.23 bits per heavy atom. The van der Waals surface area contributed by atoms with Crippen LogP contribution in [0.5, 0.6) is 0 Å². The Bertz CT molecular complexity index is 1530. The minimum absolute atomic E-state index is 0.0612. The van der Waals surface area contributed by atoms with Gasteiger partial charge in [0.15, 0.2) is 0 Å². The van der Waals surface area contributed by atoms with Crippen LogP contribution in [0.15, 0.2) is 89.8 Å². The summed E-state index contributed by atoms with van der Waals surface area (Å²) in [7, 11) is -3.99. The second kappa shape index (κ2) is 9.60. The summed E-state index contributed by atoms with van der Waals surface area (Å²) in [5.41, 5.74) is 1.84. The lowest BCUT2D eigenvalue weighted by atomic mass is 10.1. The van der Waals surface area contributed by atoms with E-state index in [1.165, 1.54) is 22.5 Å². The van der Waals surface area contributed by atoms with Gasteiger partial charge >= 0.3 is 5.97 Å². The maximum absolute atomic E-state index is 13.3. The van der Waals surface area contributed by atoms with Gasteiger partial charge in [0.2, 0.25) is 0 Å². The predicted molar refractivity (Wildman–Crippen MR) is 137 cm³/mol. The number of carbonyl (C=O) groups excluding carboxylic acids is 1. The van der Waals surface area contributed by atoms with E-state index in [9.17, 15) is 23.1 Å². The average molecular weight is 489 g/mol. The third-order valence-electron chi connectivity index (χ3n) is 5.74. The maximum atomic E-state index is 13.3. The highest BCUT2D eigenvalue weighted by Gasteiger charge is 2.25. The van der Waals surface area contributed by atoms with Crippen molar-refractivity contribution in [3.05, 3.63) is 102 Å². The van der Waals surface area contributed by atoms with Crippen LogP contribution in [0, 0.1) is 6.92 Å². The Balaban J connectivity index is 1.56. The molecular weight excluding hydrogens is 464 g/mol. The second-order valence-corrected chi connectivity index (χ2v) is 9.88. The summed E-state index contributed by atoms with van der Waals surface area (Å²) in [4.78, 5) is 24.1. The number of amides is 1. The number of sulfonamides is 1. The molecule has 0 heterocycles. The van der Waals surface area contributed by atoms with E-state index in [1.54, 1.807) is 44.2 Å². The van der Waals surface area contributed by atoms with Crippen LogP contribution in [0.25, 0.3) is 10.8 Å². The van der Waals surface area contributed by atoms with E-state index in [0.29, 0.717) is 22.5 Å². The van der Waals surface area contributed by atoms with Gasteiger partial charge in [-0.15, -0.1) is 0 Å². The van der Waals surface area contributed by atoms with Crippen molar-refractivity contribution >= 4 is 44.0 Å². The number of carbonyl (C=O) groups is 2. The first-order chi connectivity index (χ1) is 16.7. The van der Waals surface area contributed by atoms with Gasteiger partial charge in [-0.1, -0.05) is 36.4 Å². The fraction of sp³-hybridized carbons (Fsp3) is 0.111. The molecule has 0 atom stereocenters. The zero-order chi connectivity index (χ0) is 25.2. The third-order valence-corrected chi connectivity index (χ3v) is 7.64. The summed E-state index contributed by atoms with van der Waals surface area (Å²) >= 11 is 0. The first kappa shape index (κ1) is 24.0. The fourth-order valence-corrected chi connectivity index (χ4v) is 5.36. The number of carboxylic acids is 1. The summed E-state index contributed by atoms with van der Waals surface area (Å²) < 4.78 is 27.7. The molecule has 0 fully saturated rings. The predicted octanol–water partition coefficient (Wildman–Crippen LogP) is 5.31. The van der Waals surface area contributed by atoms with Crippen molar-refractivity contribution in [2.45, 2.75) is 18.7 Å². The second-order valence-electron chi connectivity index (χ2n) is 8.01. The van der Waals surface area contributed by atoms with Crippen LogP contribution in [0.2, 0.25) is 0 Å². The lowest BCUT2D eigenvalue weighted by molar-refractivity contribution is 0.0695. The standard InChI is InChI=1S/C27H24N2O5S/c1-3-29(35(33,34)24-15-8-18(2)25(17-24)27(31)32)23-13-11-22(12-14-23)28-26(30)21-10-9-19-6-4-5-7-20(19)16-21/h4-17H,3H2,1-2H3,(H,28,30)(H,31,32).